The quantitative estimate of drug-likeness (QED) is 0.316. The van der Waals surface area contributed by atoms with E-state index < -0.39 is 0 Å². The number of rotatable bonds is 3. The van der Waals surface area contributed by atoms with Gasteiger partial charge in [0.25, 0.3) is 5.56 Å². The molecule has 1 aliphatic rings. The fourth-order valence-electron chi connectivity index (χ4n) is 4.37. The highest BCUT2D eigenvalue weighted by Gasteiger charge is 2.23. The van der Waals surface area contributed by atoms with Crippen molar-refractivity contribution in [2.75, 3.05) is 0 Å². The van der Waals surface area contributed by atoms with Crippen LogP contribution in [-0.2, 0) is 12.8 Å². The summed E-state index contributed by atoms with van der Waals surface area (Å²) >= 11 is 3.22. The molecule has 0 bridgehead atoms. The first-order valence-corrected chi connectivity index (χ1v) is 12.5. The predicted molar refractivity (Wildman–Crippen MR) is 135 cm³/mol. The van der Waals surface area contributed by atoms with E-state index in [1.54, 1.807) is 15.9 Å². The zero-order valence-electron chi connectivity index (χ0n) is 17.7. The molecular weight excluding hydrogens is 434 g/mol. The monoisotopic (exact) mass is 455 g/mol. The van der Waals surface area contributed by atoms with E-state index in [4.69, 9.17) is 9.97 Å². The smallest absolute Gasteiger partial charge is 0.268 e. The minimum absolute atomic E-state index is 0.00195. The van der Waals surface area contributed by atoms with Gasteiger partial charge in [-0.1, -0.05) is 53.8 Å². The molecule has 3 aromatic heterocycles. The van der Waals surface area contributed by atoms with E-state index in [9.17, 15) is 4.79 Å². The Labute approximate surface area is 193 Å². The Morgan fingerprint density at radius 1 is 0.969 bits per heavy atom. The molecule has 0 unspecified atom stereocenters. The Bertz CT molecular complexity index is 1560. The van der Waals surface area contributed by atoms with Crippen LogP contribution in [0.2, 0.25) is 0 Å². The Kier molecular flexibility index (Phi) is 4.77. The standard InChI is InChI=1S/C26H21N3OS2/c1-16-11-13-21-19(15-16)27-26(32-21)29-22(14-12-17-7-3-2-4-8-17)28-24-23(25(29)30)18-9-5-6-10-20(18)31-24/h2-4,7-8,11-15H,5-6,9-10H2,1H3/b14-12+. The first-order valence-electron chi connectivity index (χ1n) is 10.9. The summed E-state index contributed by atoms with van der Waals surface area (Å²) in [6.45, 7) is 2.06. The van der Waals surface area contributed by atoms with Crippen molar-refractivity contribution in [2.24, 2.45) is 0 Å². The van der Waals surface area contributed by atoms with E-state index in [0.29, 0.717) is 11.0 Å². The average Bonchev–Trinajstić information content (AvgIpc) is 3.39. The molecule has 4 nitrogen and oxygen atoms in total. The van der Waals surface area contributed by atoms with Gasteiger partial charge in [-0.25, -0.2) is 14.5 Å². The molecule has 5 aromatic rings. The molecule has 1 aliphatic carbocycles. The average molecular weight is 456 g/mol. The number of nitrogens with zero attached hydrogens (tertiary/aromatic N) is 3. The molecule has 158 valence electrons. The third-order valence-corrected chi connectivity index (χ3v) is 8.17. The van der Waals surface area contributed by atoms with E-state index in [2.05, 4.69) is 25.1 Å². The molecule has 2 aromatic carbocycles. The van der Waals surface area contributed by atoms with E-state index in [-0.39, 0.29) is 5.56 Å². The van der Waals surface area contributed by atoms with Gasteiger partial charge in [0.1, 0.15) is 10.7 Å². The summed E-state index contributed by atoms with van der Waals surface area (Å²) in [6.07, 6.45) is 8.28. The summed E-state index contributed by atoms with van der Waals surface area (Å²) in [7, 11) is 0. The molecule has 3 heterocycles. The number of hydrogen-bond acceptors (Lipinski definition) is 5. The second-order valence-corrected chi connectivity index (χ2v) is 10.3. The maximum Gasteiger partial charge on any atom is 0.269 e. The van der Waals surface area contributed by atoms with Crippen LogP contribution < -0.4 is 5.56 Å². The number of thiophene rings is 1. The molecule has 6 heteroatoms. The number of aryl methyl sites for hydroxylation is 3. The largest absolute Gasteiger partial charge is 0.269 e. The Morgan fingerprint density at radius 3 is 2.69 bits per heavy atom. The summed E-state index contributed by atoms with van der Waals surface area (Å²) in [4.78, 5) is 25.9. The van der Waals surface area contributed by atoms with Crippen molar-refractivity contribution < 1.29 is 0 Å². The van der Waals surface area contributed by atoms with Crippen molar-refractivity contribution >= 4 is 55.3 Å². The van der Waals surface area contributed by atoms with Gasteiger partial charge in [-0.3, -0.25) is 4.79 Å². The third kappa shape index (κ3) is 3.31. The number of aromatic nitrogens is 3. The Morgan fingerprint density at radius 2 is 1.81 bits per heavy atom. The minimum Gasteiger partial charge on any atom is -0.268 e. The lowest BCUT2D eigenvalue weighted by atomic mass is 9.97. The van der Waals surface area contributed by atoms with Gasteiger partial charge in [-0.15, -0.1) is 11.3 Å². The van der Waals surface area contributed by atoms with Gasteiger partial charge in [-0.2, -0.15) is 0 Å². The molecule has 6 rings (SSSR count). The highest BCUT2D eigenvalue weighted by molar-refractivity contribution is 7.20. The molecule has 32 heavy (non-hydrogen) atoms. The van der Waals surface area contributed by atoms with Crippen LogP contribution in [0, 0.1) is 6.92 Å². The zero-order chi connectivity index (χ0) is 21.7. The van der Waals surface area contributed by atoms with E-state index in [0.717, 1.165) is 50.8 Å². The van der Waals surface area contributed by atoms with Crippen LogP contribution in [0.25, 0.3) is 37.7 Å². The fourth-order valence-corrected chi connectivity index (χ4v) is 6.59. The molecule has 0 aliphatic heterocycles. The van der Waals surface area contributed by atoms with E-state index in [1.807, 2.05) is 42.5 Å². The van der Waals surface area contributed by atoms with Crippen LogP contribution in [0.4, 0.5) is 0 Å². The van der Waals surface area contributed by atoms with Crippen LogP contribution in [0.5, 0.6) is 0 Å². The van der Waals surface area contributed by atoms with Crippen molar-refractivity contribution in [1.82, 2.24) is 14.5 Å². The second-order valence-electron chi connectivity index (χ2n) is 8.21. The maximum atomic E-state index is 13.9. The van der Waals surface area contributed by atoms with Crippen LogP contribution >= 0.6 is 22.7 Å². The highest BCUT2D eigenvalue weighted by atomic mass is 32.1. The highest BCUT2D eigenvalue weighted by Crippen LogP contribution is 2.35. The van der Waals surface area contributed by atoms with Gasteiger partial charge in [-0.05, 0) is 67.5 Å². The van der Waals surface area contributed by atoms with Crippen molar-refractivity contribution in [3.05, 3.63) is 86.3 Å². The lowest BCUT2D eigenvalue weighted by molar-refractivity contribution is 0.699. The van der Waals surface area contributed by atoms with E-state index >= 15 is 0 Å². The molecule has 0 fully saturated rings. The SMILES string of the molecule is Cc1ccc2sc(-n3c(/C=C/c4ccccc4)nc4sc5c(c4c3=O)CCCC5)nc2c1. The third-order valence-electron chi connectivity index (χ3n) is 5.96. The van der Waals surface area contributed by atoms with Crippen LogP contribution in [-0.4, -0.2) is 14.5 Å². The van der Waals surface area contributed by atoms with Crippen molar-refractivity contribution in [2.45, 2.75) is 32.6 Å². The molecule has 0 N–H and O–H groups in total. The molecule has 0 saturated heterocycles. The molecule has 0 amide bonds. The summed E-state index contributed by atoms with van der Waals surface area (Å²) in [5.74, 6) is 0.626. The van der Waals surface area contributed by atoms with Crippen molar-refractivity contribution in [3.8, 4) is 5.13 Å². The number of fused-ring (bicyclic) bond motifs is 4. The van der Waals surface area contributed by atoms with Gasteiger partial charge < -0.3 is 0 Å². The lowest BCUT2D eigenvalue weighted by Crippen LogP contribution is -2.22. The van der Waals surface area contributed by atoms with E-state index in [1.165, 1.54) is 28.2 Å². The van der Waals surface area contributed by atoms with Crippen LogP contribution in [0.3, 0.4) is 0 Å². The topological polar surface area (TPSA) is 47.8 Å². The summed E-state index contributed by atoms with van der Waals surface area (Å²) in [5, 5.41) is 1.46. The molecular formula is C26H21N3OS2. The summed E-state index contributed by atoms with van der Waals surface area (Å²) in [5.41, 5.74) is 4.35. The summed E-state index contributed by atoms with van der Waals surface area (Å²) in [6, 6.07) is 16.3. The fraction of sp³-hybridized carbons (Fsp3) is 0.192. The second kappa shape index (κ2) is 7.80. The Hall–Kier alpha value is -3.09. The van der Waals surface area contributed by atoms with Crippen LogP contribution in [0.1, 0.15) is 40.2 Å². The predicted octanol–water partition coefficient (Wildman–Crippen LogP) is 6.41. The normalized spacial score (nSPS) is 13.9. The zero-order valence-corrected chi connectivity index (χ0v) is 19.3. The van der Waals surface area contributed by atoms with Gasteiger partial charge in [0.2, 0.25) is 0 Å². The minimum atomic E-state index is -0.00195. The Balaban J connectivity index is 1.62. The maximum absolute atomic E-state index is 13.9. The van der Waals surface area contributed by atoms with Crippen molar-refractivity contribution in [3.63, 3.8) is 0 Å². The van der Waals surface area contributed by atoms with Gasteiger partial charge in [0.15, 0.2) is 5.13 Å². The first kappa shape index (κ1) is 19.6. The van der Waals surface area contributed by atoms with Gasteiger partial charge >= 0.3 is 0 Å². The van der Waals surface area contributed by atoms with Crippen molar-refractivity contribution in [1.29, 1.82) is 0 Å². The number of hydrogen-bond donors (Lipinski definition) is 0. The van der Waals surface area contributed by atoms with Gasteiger partial charge in [0, 0.05) is 4.88 Å². The molecule has 0 saturated carbocycles. The summed E-state index contributed by atoms with van der Waals surface area (Å²) < 4.78 is 2.78. The van der Waals surface area contributed by atoms with Crippen LogP contribution in [0.15, 0.2) is 53.3 Å². The number of benzene rings is 2. The lowest BCUT2D eigenvalue weighted by Gasteiger charge is -2.11. The van der Waals surface area contributed by atoms with Gasteiger partial charge in [0.05, 0.1) is 15.6 Å². The molecule has 0 radical (unpaired) electrons. The number of thiazole rings is 1. The first-order chi connectivity index (χ1) is 15.7. The molecule has 0 spiro atoms. The molecule has 0 atom stereocenters.